The highest BCUT2D eigenvalue weighted by Gasteiger charge is 2.31. The van der Waals surface area contributed by atoms with Crippen LogP contribution in [0.2, 0.25) is 5.02 Å². The van der Waals surface area contributed by atoms with Crippen LogP contribution in [0.3, 0.4) is 0 Å². The van der Waals surface area contributed by atoms with E-state index in [4.69, 9.17) is 22.1 Å². The van der Waals surface area contributed by atoms with Gasteiger partial charge in [-0.05, 0) is 32.4 Å². The molecule has 0 saturated carbocycles. The van der Waals surface area contributed by atoms with Crippen molar-refractivity contribution in [3.63, 3.8) is 0 Å². The van der Waals surface area contributed by atoms with Crippen LogP contribution in [0.5, 0.6) is 5.75 Å². The lowest BCUT2D eigenvalue weighted by atomic mass is 9.86. The maximum atomic E-state index is 9.74. The van der Waals surface area contributed by atoms with Crippen LogP contribution in [-0.2, 0) is 0 Å². The second kappa shape index (κ2) is 7.54. The molecule has 3 aromatic rings. The van der Waals surface area contributed by atoms with Crippen molar-refractivity contribution in [1.82, 2.24) is 19.9 Å². The number of nitrogens with two attached hydrogens (primary N) is 1. The number of anilines is 1. The van der Waals surface area contributed by atoms with Crippen LogP contribution in [0.25, 0.3) is 11.0 Å². The van der Waals surface area contributed by atoms with Crippen LogP contribution >= 0.6 is 11.6 Å². The van der Waals surface area contributed by atoms with Crippen LogP contribution in [0, 0.1) is 18.3 Å². The van der Waals surface area contributed by atoms with Gasteiger partial charge < -0.3 is 20.4 Å². The molecule has 0 bridgehead atoms. The Morgan fingerprint density at radius 1 is 1.45 bits per heavy atom. The standard InChI is InChI=1S/C21H23ClN6O/c1-4-29-19-14(5-16(22)15(6-23)18(19)13-7-25-8-13)12(3)28-9-11(2)17-20(24)26-10-27-21(17)28/h5,9-10,12-13,25H,4,7-8H2,1-3H3,(H2,24,26,27). The predicted molar refractivity (Wildman–Crippen MR) is 113 cm³/mol. The number of ether oxygens (including phenoxy) is 1. The largest absolute Gasteiger partial charge is 0.493 e. The second-order valence-electron chi connectivity index (χ2n) is 7.32. The number of hydrogen-bond donors (Lipinski definition) is 2. The molecular weight excluding hydrogens is 388 g/mol. The number of nitriles is 1. The second-order valence-corrected chi connectivity index (χ2v) is 7.73. The molecule has 8 heteroatoms. The molecule has 2 aromatic heterocycles. The van der Waals surface area contributed by atoms with Crippen molar-refractivity contribution < 1.29 is 4.74 Å². The Morgan fingerprint density at radius 3 is 2.83 bits per heavy atom. The van der Waals surface area contributed by atoms with Gasteiger partial charge in [-0.15, -0.1) is 0 Å². The molecule has 150 valence electrons. The van der Waals surface area contributed by atoms with Crippen LogP contribution in [0.4, 0.5) is 5.82 Å². The minimum Gasteiger partial charge on any atom is -0.493 e. The SMILES string of the molecule is CCOc1c(C(C)n2cc(C)c3c(N)ncnc32)cc(Cl)c(C#N)c1C1CNC1. The molecule has 0 aliphatic carbocycles. The third-order valence-corrected chi connectivity index (χ3v) is 5.88. The molecule has 3 N–H and O–H groups in total. The monoisotopic (exact) mass is 410 g/mol. The molecule has 1 unspecified atom stereocenters. The van der Waals surface area contributed by atoms with Gasteiger partial charge in [0.1, 0.15) is 29.6 Å². The van der Waals surface area contributed by atoms with Gasteiger partial charge in [0.2, 0.25) is 0 Å². The summed E-state index contributed by atoms with van der Waals surface area (Å²) in [5.41, 5.74) is 10.2. The van der Waals surface area contributed by atoms with E-state index in [1.165, 1.54) is 6.33 Å². The fourth-order valence-electron chi connectivity index (χ4n) is 4.03. The van der Waals surface area contributed by atoms with Crippen molar-refractivity contribution in [3.05, 3.63) is 45.9 Å². The van der Waals surface area contributed by atoms with E-state index in [1.807, 2.05) is 26.1 Å². The van der Waals surface area contributed by atoms with E-state index in [2.05, 4.69) is 32.8 Å². The molecule has 1 saturated heterocycles. The highest BCUT2D eigenvalue weighted by Crippen LogP contribution is 2.43. The lowest BCUT2D eigenvalue weighted by Gasteiger charge is -2.32. The molecule has 1 aromatic carbocycles. The molecule has 0 spiro atoms. The van der Waals surface area contributed by atoms with Gasteiger partial charge in [0, 0.05) is 36.3 Å². The number of fused-ring (bicyclic) bond motifs is 1. The normalized spacial score (nSPS) is 15.1. The van der Waals surface area contributed by atoms with E-state index >= 15 is 0 Å². The molecule has 1 aliphatic rings. The van der Waals surface area contributed by atoms with E-state index in [0.717, 1.165) is 46.6 Å². The average molecular weight is 411 g/mol. The Bertz CT molecular complexity index is 1130. The minimum atomic E-state index is -0.126. The van der Waals surface area contributed by atoms with Crippen molar-refractivity contribution >= 4 is 28.5 Å². The van der Waals surface area contributed by atoms with Gasteiger partial charge in [0.15, 0.2) is 0 Å². The van der Waals surface area contributed by atoms with E-state index in [0.29, 0.717) is 23.0 Å². The number of aromatic nitrogens is 3. The van der Waals surface area contributed by atoms with Crippen LogP contribution in [-0.4, -0.2) is 34.2 Å². The van der Waals surface area contributed by atoms with Crippen molar-refractivity contribution in [1.29, 1.82) is 5.26 Å². The molecule has 29 heavy (non-hydrogen) atoms. The third kappa shape index (κ3) is 3.09. The van der Waals surface area contributed by atoms with Crippen LogP contribution in [0.15, 0.2) is 18.6 Å². The zero-order valence-corrected chi connectivity index (χ0v) is 17.4. The van der Waals surface area contributed by atoms with Gasteiger partial charge in [-0.1, -0.05) is 11.6 Å². The number of hydrogen-bond acceptors (Lipinski definition) is 6. The summed E-state index contributed by atoms with van der Waals surface area (Å²) in [5.74, 6) is 1.41. The maximum absolute atomic E-state index is 9.74. The van der Waals surface area contributed by atoms with Gasteiger partial charge in [0.25, 0.3) is 0 Å². The zero-order valence-electron chi connectivity index (χ0n) is 16.7. The minimum absolute atomic E-state index is 0.126. The number of aryl methyl sites for hydroxylation is 1. The number of rotatable bonds is 5. The summed E-state index contributed by atoms with van der Waals surface area (Å²) in [6, 6.07) is 3.99. The van der Waals surface area contributed by atoms with E-state index < -0.39 is 0 Å². The number of halogens is 1. The van der Waals surface area contributed by atoms with Gasteiger partial charge >= 0.3 is 0 Å². The molecule has 3 heterocycles. The first-order valence-corrected chi connectivity index (χ1v) is 10.0. The molecule has 1 fully saturated rings. The summed E-state index contributed by atoms with van der Waals surface area (Å²) in [4.78, 5) is 8.58. The number of nitrogens with zero attached hydrogens (tertiary/aromatic N) is 4. The first-order chi connectivity index (χ1) is 14.0. The van der Waals surface area contributed by atoms with Gasteiger partial charge in [-0.2, -0.15) is 5.26 Å². The van der Waals surface area contributed by atoms with Crippen LogP contribution < -0.4 is 15.8 Å². The number of nitrogen functional groups attached to an aromatic ring is 1. The zero-order chi connectivity index (χ0) is 20.7. The van der Waals surface area contributed by atoms with Crippen molar-refractivity contribution in [3.8, 4) is 11.8 Å². The molecular formula is C21H23ClN6O. The Labute approximate surface area is 174 Å². The van der Waals surface area contributed by atoms with Gasteiger partial charge in [-0.3, -0.25) is 0 Å². The molecule has 0 amide bonds. The highest BCUT2D eigenvalue weighted by molar-refractivity contribution is 6.32. The predicted octanol–water partition coefficient (Wildman–Crippen LogP) is 3.54. The highest BCUT2D eigenvalue weighted by atomic mass is 35.5. The fraction of sp³-hybridized carbons (Fsp3) is 0.381. The smallest absolute Gasteiger partial charge is 0.146 e. The Balaban J connectivity index is 1.94. The molecule has 4 rings (SSSR count). The summed E-state index contributed by atoms with van der Waals surface area (Å²) < 4.78 is 8.16. The number of benzene rings is 1. The Hall–Kier alpha value is -2.82. The topological polar surface area (TPSA) is 102 Å². The molecule has 0 radical (unpaired) electrons. The maximum Gasteiger partial charge on any atom is 0.146 e. The lowest BCUT2D eigenvalue weighted by molar-refractivity contribution is 0.320. The molecule has 1 aliphatic heterocycles. The van der Waals surface area contributed by atoms with Crippen molar-refractivity contribution in [2.45, 2.75) is 32.7 Å². The Kier molecular flexibility index (Phi) is 5.07. The average Bonchev–Trinajstić information content (AvgIpc) is 3.00. The van der Waals surface area contributed by atoms with Crippen molar-refractivity contribution in [2.24, 2.45) is 0 Å². The summed E-state index contributed by atoms with van der Waals surface area (Å²) in [7, 11) is 0. The fourth-order valence-corrected chi connectivity index (χ4v) is 4.29. The van der Waals surface area contributed by atoms with E-state index in [-0.39, 0.29) is 12.0 Å². The third-order valence-electron chi connectivity index (χ3n) is 5.58. The molecule has 7 nitrogen and oxygen atoms in total. The first kappa shape index (κ1) is 19.5. The van der Waals surface area contributed by atoms with Crippen molar-refractivity contribution in [2.75, 3.05) is 25.4 Å². The summed E-state index contributed by atoms with van der Waals surface area (Å²) >= 11 is 6.56. The Morgan fingerprint density at radius 2 is 2.21 bits per heavy atom. The van der Waals surface area contributed by atoms with E-state index in [1.54, 1.807) is 0 Å². The summed E-state index contributed by atoms with van der Waals surface area (Å²) in [5, 5.41) is 14.3. The van der Waals surface area contributed by atoms with Crippen LogP contribution in [0.1, 0.15) is 48.1 Å². The summed E-state index contributed by atoms with van der Waals surface area (Å²) in [6.07, 6.45) is 3.49. The first-order valence-electron chi connectivity index (χ1n) is 9.65. The molecule has 1 atom stereocenters. The quantitative estimate of drug-likeness (QED) is 0.667. The van der Waals surface area contributed by atoms with Gasteiger partial charge in [0.05, 0.1) is 28.6 Å². The number of nitrogens with one attached hydrogen (secondary N) is 1. The summed E-state index contributed by atoms with van der Waals surface area (Å²) in [6.45, 7) is 8.11. The lowest BCUT2D eigenvalue weighted by Crippen LogP contribution is -2.40. The van der Waals surface area contributed by atoms with Gasteiger partial charge in [-0.25, -0.2) is 9.97 Å². The van der Waals surface area contributed by atoms with E-state index in [9.17, 15) is 5.26 Å².